The number of amides is 1. The van der Waals surface area contributed by atoms with E-state index in [-0.39, 0.29) is 11.7 Å². The van der Waals surface area contributed by atoms with E-state index in [1.165, 1.54) is 0 Å². The number of rotatable bonds is 5. The van der Waals surface area contributed by atoms with Gasteiger partial charge in [0.15, 0.2) is 11.9 Å². The molecule has 1 aliphatic rings. The fraction of sp³-hybridized carbons (Fsp3) is 0.273. The van der Waals surface area contributed by atoms with Gasteiger partial charge in [-0.15, -0.1) is 5.10 Å². The number of esters is 1. The number of para-hydroxylation sites is 1. The molecule has 2 heterocycles. The Bertz CT molecular complexity index is 938. The predicted molar refractivity (Wildman–Crippen MR) is 107 cm³/mol. The minimum Gasteiger partial charge on any atom is -0.447 e. The molecule has 0 unspecified atom stereocenters. The van der Waals surface area contributed by atoms with Crippen LogP contribution in [0.15, 0.2) is 60.7 Å². The maximum absolute atomic E-state index is 12.7. The lowest BCUT2D eigenvalue weighted by molar-refractivity contribution is -0.138. The zero-order chi connectivity index (χ0) is 20.2. The SMILES string of the molecule is C[C@@H](OC(=O)c1nc(-c2ccccc2)n(-c2ccccc2)n1)C(=O)N1CCCC1. The molecule has 7 nitrogen and oxygen atoms in total. The van der Waals surface area contributed by atoms with Crippen LogP contribution < -0.4 is 0 Å². The molecule has 0 N–H and O–H groups in total. The van der Waals surface area contributed by atoms with Crippen molar-refractivity contribution >= 4 is 11.9 Å². The van der Waals surface area contributed by atoms with Gasteiger partial charge in [0.2, 0.25) is 0 Å². The van der Waals surface area contributed by atoms with E-state index in [0.717, 1.165) is 24.1 Å². The summed E-state index contributed by atoms with van der Waals surface area (Å²) in [5.74, 6) is -0.436. The zero-order valence-corrected chi connectivity index (χ0v) is 16.2. The summed E-state index contributed by atoms with van der Waals surface area (Å²) in [7, 11) is 0. The third kappa shape index (κ3) is 4.03. The molecule has 4 rings (SSSR count). The summed E-state index contributed by atoms with van der Waals surface area (Å²) in [5.41, 5.74) is 1.60. The van der Waals surface area contributed by atoms with E-state index >= 15 is 0 Å². The Morgan fingerprint density at radius 1 is 0.966 bits per heavy atom. The molecule has 0 spiro atoms. The quantitative estimate of drug-likeness (QED) is 0.626. The Kier molecular flexibility index (Phi) is 5.37. The van der Waals surface area contributed by atoms with Crippen LogP contribution in [0.5, 0.6) is 0 Å². The van der Waals surface area contributed by atoms with Gasteiger partial charge >= 0.3 is 5.97 Å². The van der Waals surface area contributed by atoms with Crippen molar-refractivity contribution < 1.29 is 14.3 Å². The van der Waals surface area contributed by atoms with Gasteiger partial charge in [0.1, 0.15) is 0 Å². The van der Waals surface area contributed by atoms with Gasteiger partial charge in [0, 0.05) is 18.7 Å². The maximum Gasteiger partial charge on any atom is 0.379 e. The molecule has 3 aromatic rings. The minimum absolute atomic E-state index is 0.0752. The Balaban J connectivity index is 1.61. The summed E-state index contributed by atoms with van der Waals surface area (Å²) in [6.45, 7) is 3.00. The first kappa shape index (κ1) is 18.9. The molecule has 1 fully saturated rings. The number of hydrogen-bond donors (Lipinski definition) is 0. The number of carbonyl (C=O) groups excluding carboxylic acids is 2. The van der Waals surface area contributed by atoms with Crippen LogP contribution in [0.4, 0.5) is 0 Å². The first-order valence-electron chi connectivity index (χ1n) is 9.71. The lowest BCUT2D eigenvalue weighted by atomic mass is 10.2. The van der Waals surface area contributed by atoms with Crippen molar-refractivity contribution in [1.82, 2.24) is 19.7 Å². The molecule has 2 aromatic carbocycles. The highest BCUT2D eigenvalue weighted by Crippen LogP contribution is 2.21. The lowest BCUT2D eigenvalue weighted by Crippen LogP contribution is -2.38. The Hall–Kier alpha value is -3.48. The molecule has 0 bridgehead atoms. The van der Waals surface area contributed by atoms with Crippen molar-refractivity contribution in [3.05, 3.63) is 66.5 Å². The van der Waals surface area contributed by atoms with Crippen LogP contribution in [0.2, 0.25) is 0 Å². The highest BCUT2D eigenvalue weighted by atomic mass is 16.5. The third-order valence-corrected chi connectivity index (χ3v) is 4.87. The zero-order valence-electron chi connectivity index (χ0n) is 16.2. The molecule has 0 aliphatic carbocycles. The van der Waals surface area contributed by atoms with E-state index in [9.17, 15) is 9.59 Å². The average Bonchev–Trinajstić information content (AvgIpc) is 3.45. The van der Waals surface area contributed by atoms with Crippen LogP contribution in [-0.2, 0) is 9.53 Å². The summed E-state index contributed by atoms with van der Waals surface area (Å²) in [4.78, 5) is 31.2. The molecule has 0 radical (unpaired) electrons. The maximum atomic E-state index is 12.7. The molecular formula is C22H22N4O3. The van der Waals surface area contributed by atoms with Gasteiger partial charge in [-0.25, -0.2) is 14.5 Å². The first-order chi connectivity index (χ1) is 14.1. The molecule has 7 heteroatoms. The number of ether oxygens (including phenoxy) is 1. The van der Waals surface area contributed by atoms with Crippen molar-refractivity contribution in [1.29, 1.82) is 0 Å². The molecule has 1 atom stereocenters. The van der Waals surface area contributed by atoms with Gasteiger partial charge in [-0.1, -0.05) is 48.5 Å². The highest BCUT2D eigenvalue weighted by molar-refractivity contribution is 5.89. The van der Waals surface area contributed by atoms with Crippen LogP contribution in [0.25, 0.3) is 17.1 Å². The Morgan fingerprint density at radius 2 is 1.59 bits per heavy atom. The van der Waals surface area contributed by atoms with Crippen molar-refractivity contribution in [2.45, 2.75) is 25.9 Å². The highest BCUT2D eigenvalue weighted by Gasteiger charge is 2.28. The standard InChI is InChI=1S/C22H22N4O3/c1-16(21(27)25-14-8-9-15-25)29-22(28)19-23-20(17-10-4-2-5-11-17)26(24-19)18-12-6-3-7-13-18/h2-7,10-13,16H,8-9,14-15H2,1H3/t16-/m1/s1. The Labute approximate surface area is 168 Å². The van der Waals surface area contributed by atoms with E-state index in [1.807, 2.05) is 60.7 Å². The summed E-state index contributed by atoms with van der Waals surface area (Å²) >= 11 is 0. The molecular weight excluding hydrogens is 368 g/mol. The number of likely N-dealkylation sites (tertiary alicyclic amines) is 1. The third-order valence-electron chi connectivity index (χ3n) is 4.87. The van der Waals surface area contributed by atoms with Crippen molar-refractivity contribution in [3.63, 3.8) is 0 Å². The van der Waals surface area contributed by atoms with Crippen molar-refractivity contribution in [2.75, 3.05) is 13.1 Å². The summed E-state index contributed by atoms with van der Waals surface area (Å²) in [6.07, 6.45) is 1.09. The molecule has 1 amide bonds. The predicted octanol–water partition coefficient (Wildman–Crippen LogP) is 3.10. The second-order valence-electron chi connectivity index (χ2n) is 6.95. The monoisotopic (exact) mass is 390 g/mol. The number of aromatic nitrogens is 3. The van der Waals surface area contributed by atoms with Crippen LogP contribution >= 0.6 is 0 Å². The Morgan fingerprint density at radius 3 is 2.24 bits per heavy atom. The van der Waals surface area contributed by atoms with E-state index in [2.05, 4.69) is 10.1 Å². The lowest BCUT2D eigenvalue weighted by Gasteiger charge is -2.19. The smallest absolute Gasteiger partial charge is 0.379 e. The van der Waals surface area contributed by atoms with E-state index in [1.54, 1.807) is 16.5 Å². The van der Waals surface area contributed by atoms with E-state index < -0.39 is 12.1 Å². The molecule has 1 aliphatic heterocycles. The van der Waals surface area contributed by atoms with Gasteiger partial charge in [0.05, 0.1) is 5.69 Å². The van der Waals surface area contributed by atoms with Crippen molar-refractivity contribution in [3.8, 4) is 17.1 Å². The fourth-order valence-electron chi connectivity index (χ4n) is 3.38. The number of benzene rings is 2. The van der Waals surface area contributed by atoms with E-state index in [0.29, 0.717) is 18.9 Å². The van der Waals surface area contributed by atoms with Gasteiger partial charge < -0.3 is 9.64 Å². The number of carbonyl (C=O) groups is 2. The second-order valence-corrected chi connectivity index (χ2v) is 6.95. The fourth-order valence-corrected chi connectivity index (χ4v) is 3.38. The summed E-state index contributed by atoms with van der Waals surface area (Å²) in [5, 5.41) is 4.37. The van der Waals surface area contributed by atoms with Gasteiger partial charge in [-0.3, -0.25) is 4.79 Å². The second kappa shape index (κ2) is 8.26. The average molecular weight is 390 g/mol. The molecule has 0 saturated carbocycles. The molecule has 29 heavy (non-hydrogen) atoms. The molecule has 1 saturated heterocycles. The largest absolute Gasteiger partial charge is 0.447 e. The van der Waals surface area contributed by atoms with Crippen LogP contribution in [0.1, 0.15) is 30.4 Å². The summed E-state index contributed by atoms with van der Waals surface area (Å²) in [6, 6.07) is 19.0. The number of hydrogen-bond acceptors (Lipinski definition) is 5. The van der Waals surface area contributed by atoms with Crippen LogP contribution in [0.3, 0.4) is 0 Å². The topological polar surface area (TPSA) is 77.3 Å². The molecule has 148 valence electrons. The van der Waals surface area contributed by atoms with E-state index in [4.69, 9.17) is 4.74 Å². The minimum atomic E-state index is -0.871. The van der Waals surface area contributed by atoms with Gasteiger partial charge in [0.25, 0.3) is 11.7 Å². The first-order valence-corrected chi connectivity index (χ1v) is 9.71. The number of nitrogens with zero attached hydrogens (tertiary/aromatic N) is 4. The van der Waals surface area contributed by atoms with Gasteiger partial charge in [-0.2, -0.15) is 0 Å². The van der Waals surface area contributed by atoms with Gasteiger partial charge in [-0.05, 0) is 31.9 Å². The molecule has 1 aromatic heterocycles. The summed E-state index contributed by atoms with van der Waals surface area (Å²) < 4.78 is 6.99. The van der Waals surface area contributed by atoms with Crippen LogP contribution in [-0.4, -0.2) is 50.7 Å². The van der Waals surface area contributed by atoms with Crippen LogP contribution in [0, 0.1) is 0 Å². The normalized spacial score (nSPS) is 14.6. The van der Waals surface area contributed by atoms with Crippen molar-refractivity contribution in [2.24, 2.45) is 0 Å².